The predicted molar refractivity (Wildman–Crippen MR) is 78.9 cm³/mol. The number of hydrogen-bond acceptors (Lipinski definition) is 3. The van der Waals surface area contributed by atoms with Gasteiger partial charge in [-0.25, -0.2) is 0 Å². The summed E-state index contributed by atoms with van der Waals surface area (Å²) >= 11 is 1.78. The van der Waals surface area contributed by atoms with Crippen molar-refractivity contribution in [3.63, 3.8) is 0 Å². The molecular weight excluding hydrogens is 274 g/mol. The second kappa shape index (κ2) is 6.88. The van der Waals surface area contributed by atoms with Gasteiger partial charge in [0.2, 0.25) is 5.91 Å². The van der Waals surface area contributed by atoms with Gasteiger partial charge in [0, 0.05) is 29.3 Å². The quantitative estimate of drug-likeness (QED) is 0.908. The molecule has 0 saturated carbocycles. The first kappa shape index (κ1) is 15.0. The number of carbonyl (C=O) groups excluding carboxylic acids is 1. The molecule has 1 aromatic rings. The van der Waals surface area contributed by atoms with Crippen molar-refractivity contribution in [3.05, 3.63) is 21.9 Å². The fraction of sp³-hybridized carbons (Fsp3) is 0.600. The predicted octanol–water partition coefficient (Wildman–Crippen LogP) is 2.70. The van der Waals surface area contributed by atoms with Crippen LogP contribution in [0.5, 0.6) is 0 Å². The van der Waals surface area contributed by atoms with Gasteiger partial charge in [-0.1, -0.05) is 0 Å². The van der Waals surface area contributed by atoms with E-state index in [0.717, 1.165) is 19.3 Å². The normalized spacial score (nSPS) is 19.1. The number of carboxylic acid groups (broad SMARTS) is 1. The number of amides is 1. The molecule has 1 aliphatic rings. The number of piperidine rings is 1. The van der Waals surface area contributed by atoms with Crippen LogP contribution in [0.3, 0.4) is 0 Å². The lowest BCUT2D eigenvalue weighted by Crippen LogP contribution is -2.42. The minimum atomic E-state index is -0.781. The first-order chi connectivity index (χ1) is 9.56. The van der Waals surface area contributed by atoms with Crippen molar-refractivity contribution in [2.75, 3.05) is 13.1 Å². The maximum Gasteiger partial charge on any atom is 0.308 e. The van der Waals surface area contributed by atoms with Gasteiger partial charge in [-0.05, 0) is 44.7 Å². The summed E-state index contributed by atoms with van der Waals surface area (Å²) in [6.07, 6.45) is 3.77. The van der Waals surface area contributed by atoms with Crippen molar-refractivity contribution in [1.29, 1.82) is 0 Å². The Morgan fingerprint density at radius 2 is 2.25 bits per heavy atom. The molecule has 2 rings (SSSR count). The standard InChI is InChI=1S/C15H21NO3S/c1-11-7-8-13(20-11)5-2-6-14(17)16-9-3-4-12(10-16)15(18)19/h7-8,12H,2-6,9-10H2,1H3,(H,18,19). The Morgan fingerprint density at radius 3 is 2.90 bits per heavy atom. The number of hydrogen-bond donors (Lipinski definition) is 1. The molecule has 0 spiro atoms. The first-order valence-corrected chi connectivity index (χ1v) is 7.94. The lowest BCUT2D eigenvalue weighted by atomic mass is 9.98. The molecule has 0 aliphatic carbocycles. The van der Waals surface area contributed by atoms with Gasteiger partial charge in [-0.15, -0.1) is 11.3 Å². The third-order valence-electron chi connectivity index (χ3n) is 3.73. The van der Waals surface area contributed by atoms with Gasteiger partial charge in [-0.2, -0.15) is 0 Å². The third kappa shape index (κ3) is 4.07. The summed E-state index contributed by atoms with van der Waals surface area (Å²) in [4.78, 5) is 27.4. The van der Waals surface area contributed by atoms with Crippen LogP contribution in [0.2, 0.25) is 0 Å². The number of likely N-dealkylation sites (tertiary alicyclic amines) is 1. The molecule has 1 unspecified atom stereocenters. The molecule has 0 radical (unpaired) electrons. The Hall–Kier alpha value is -1.36. The number of aryl methyl sites for hydroxylation is 2. The molecule has 1 fully saturated rings. The van der Waals surface area contributed by atoms with Crippen molar-refractivity contribution in [2.45, 2.75) is 39.0 Å². The number of nitrogens with zero attached hydrogens (tertiary/aromatic N) is 1. The van der Waals surface area contributed by atoms with Crippen molar-refractivity contribution in [3.8, 4) is 0 Å². The highest BCUT2D eigenvalue weighted by atomic mass is 32.1. The van der Waals surface area contributed by atoms with Crippen LogP contribution in [0.4, 0.5) is 0 Å². The van der Waals surface area contributed by atoms with Crippen molar-refractivity contribution in [1.82, 2.24) is 4.90 Å². The second-order valence-corrected chi connectivity index (χ2v) is 6.76. The lowest BCUT2D eigenvalue weighted by molar-refractivity contribution is -0.145. The molecule has 4 nitrogen and oxygen atoms in total. The number of carboxylic acids is 1. The van der Waals surface area contributed by atoms with Gasteiger partial charge in [0.15, 0.2) is 0 Å². The molecule has 5 heteroatoms. The molecule has 0 aromatic carbocycles. The van der Waals surface area contributed by atoms with Crippen molar-refractivity contribution >= 4 is 23.2 Å². The largest absolute Gasteiger partial charge is 0.481 e. The zero-order valence-corrected chi connectivity index (χ0v) is 12.6. The maximum atomic E-state index is 12.1. The van der Waals surface area contributed by atoms with Crippen LogP contribution in [-0.2, 0) is 16.0 Å². The number of rotatable bonds is 5. The third-order valence-corrected chi connectivity index (χ3v) is 4.79. The van der Waals surface area contributed by atoms with E-state index in [-0.39, 0.29) is 11.8 Å². The molecule has 1 saturated heterocycles. The lowest BCUT2D eigenvalue weighted by Gasteiger charge is -2.30. The zero-order valence-electron chi connectivity index (χ0n) is 11.8. The van der Waals surface area contributed by atoms with Crippen molar-refractivity contribution < 1.29 is 14.7 Å². The fourth-order valence-corrected chi connectivity index (χ4v) is 3.53. The minimum absolute atomic E-state index is 0.101. The van der Waals surface area contributed by atoms with Crippen LogP contribution in [0.15, 0.2) is 12.1 Å². The Balaban J connectivity index is 1.75. The molecule has 1 atom stereocenters. The molecule has 1 aliphatic heterocycles. The highest BCUT2D eigenvalue weighted by Gasteiger charge is 2.27. The smallest absolute Gasteiger partial charge is 0.308 e. The molecule has 1 amide bonds. The summed E-state index contributed by atoms with van der Waals surface area (Å²) in [5.41, 5.74) is 0. The molecule has 110 valence electrons. The SMILES string of the molecule is Cc1ccc(CCCC(=O)N2CCCC(C(=O)O)C2)s1. The van der Waals surface area contributed by atoms with E-state index in [2.05, 4.69) is 19.1 Å². The van der Waals surface area contributed by atoms with Crippen LogP contribution < -0.4 is 0 Å². The van der Waals surface area contributed by atoms with Crippen LogP contribution in [0, 0.1) is 12.8 Å². The van der Waals surface area contributed by atoms with E-state index in [4.69, 9.17) is 5.11 Å². The van der Waals surface area contributed by atoms with E-state index in [9.17, 15) is 9.59 Å². The first-order valence-electron chi connectivity index (χ1n) is 7.12. The summed E-state index contributed by atoms with van der Waals surface area (Å²) in [7, 11) is 0. The van der Waals surface area contributed by atoms with E-state index < -0.39 is 5.97 Å². The number of carbonyl (C=O) groups is 2. The topological polar surface area (TPSA) is 57.6 Å². The Kier molecular flexibility index (Phi) is 5.17. The van der Waals surface area contributed by atoms with Crippen LogP contribution >= 0.6 is 11.3 Å². The van der Waals surface area contributed by atoms with Crippen LogP contribution in [0.25, 0.3) is 0 Å². The number of thiophene rings is 1. The molecule has 1 N–H and O–H groups in total. The van der Waals surface area contributed by atoms with E-state index in [1.54, 1.807) is 16.2 Å². The summed E-state index contributed by atoms with van der Waals surface area (Å²) < 4.78 is 0. The maximum absolute atomic E-state index is 12.1. The molecular formula is C15H21NO3S. The van der Waals surface area contributed by atoms with E-state index in [1.807, 2.05) is 0 Å². The Bertz CT molecular complexity index is 483. The van der Waals surface area contributed by atoms with Crippen LogP contribution in [-0.4, -0.2) is 35.0 Å². The minimum Gasteiger partial charge on any atom is -0.481 e. The van der Waals surface area contributed by atoms with Gasteiger partial charge >= 0.3 is 5.97 Å². The monoisotopic (exact) mass is 295 g/mol. The summed E-state index contributed by atoms with van der Waals surface area (Å²) in [6.45, 7) is 3.17. The van der Waals surface area contributed by atoms with E-state index in [0.29, 0.717) is 25.9 Å². The van der Waals surface area contributed by atoms with Crippen molar-refractivity contribution in [2.24, 2.45) is 5.92 Å². The van der Waals surface area contributed by atoms with Gasteiger partial charge in [0.25, 0.3) is 0 Å². The molecule has 20 heavy (non-hydrogen) atoms. The number of aliphatic carboxylic acids is 1. The van der Waals surface area contributed by atoms with E-state index in [1.165, 1.54) is 9.75 Å². The van der Waals surface area contributed by atoms with Gasteiger partial charge in [0.05, 0.1) is 5.92 Å². The van der Waals surface area contributed by atoms with Gasteiger partial charge in [0.1, 0.15) is 0 Å². The summed E-state index contributed by atoms with van der Waals surface area (Å²) in [6, 6.07) is 4.22. The Morgan fingerprint density at radius 1 is 1.45 bits per heavy atom. The fourth-order valence-electron chi connectivity index (χ4n) is 2.60. The van der Waals surface area contributed by atoms with Gasteiger partial charge < -0.3 is 10.0 Å². The van der Waals surface area contributed by atoms with Crippen LogP contribution in [0.1, 0.15) is 35.4 Å². The molecule has 2 heterocycles. The van der Waals surface area contributed by atoms with E-state index >= 15 is 0 Å². The highest BCUT2D eigenvalue weighted by molar-refractivity contribution is 7.11. The average molecular weight is 295 g/mol. The zero-order chi connectivity index (χ0) is 14.5. The Labute approximate surface area is 123 Å². The average Bonchev–Trinajstić information content (AvgIpc) is 2.84. The highest BCUT2D eigenvalue weighted by Crippen LogP contribution is 2.20. The molecule has 1 aromatic heterocycles. The second-order valence-electron chi connectivity index (χ2n) is 5.38. The van der Waals surface area contributed by atoms with Gasteiger partial charge in [-0.3, -0.25) is 9.59 Å². The molecule has 0 bridgehead atoms. The summed E-state index contributed by atoms with van der Waals surface area (Å²) in [5.74, 6) is -1.06. The summed E-state index contributed by atoms with van der Waals surface area (Å²) in [5, 5.41) is 9.03.